The van der Waals surface area contributed by atoms with Crippen LogP contribution in [0.5, 0.6) is 0 Å². The van der Waals surface area contributed by atoms with Crippen molar-refractivity contribution in [1.82, 2.24) is 9.62 Å². The van der Waals surface area contributed by atoms with Crippen LogP contribution >= 0.6 is 0 Å². The Bertz CT molecular complexity index is 740. The first-order valence-electron chi connectivity index (χ1n) is 8.82. The molecule has 2 rings (SSSR count). The third-order valence-corrected chi connectivity index (χ3v) is 6.63. The number of hydrogen-bond donors (Lipinski definition) is 1. The SMILES string of the molecule is Cc1cc(C)c(S(=O)(=O)N2CCC[C@H](C(=O)NC(C)(C)C)C2)c(C)c1. The molecular formula is C19H30N2O3S. The van der Waals surface area contributed by atoms with Crippen LogP contribution in [0.3, 0.4) is 0 Å². The van der Waals surface area contributed by atoms with Crippen LogP contribution in [0, 0.1) is 26.7 Å². The number of hydrogen-bond acceptors (Lipinski definition) is 3. The van der Waals surface area contributed by atoms with Crippen LogP contribution in [-0.4, -0.2) is 37.3 Å². The summed E-state index contributed by atoms with van der Waals surface area (Å²) in [5, 5.41) is 2.97. The predicted octanol–water partition coefficient (Wildman–Crippen LogP) is 2.93. The van der Waals surface area contributed by atoms with Gasteiger partial charge in [-0.15, -0.1) is 0 Å². The molecule has 0 spiro atoms. The van der Waals surface area contributed by atoms with E-state index in [4.69, 9.17) is 0 Å². The number of nitrogens with zero attached hydrogens (tertiary/aromatic N) is 1. The normalized spacial score (nSPS) is 19.7. The van der Waals surface area contributed by atoms with Crippen molar-refractivity contribution in [3.05, 3.63) is 28.8 Å². The lowest BCUT2D eigenvalue weighted by atomic mass is 9.97. The average molecular weight is 367 g/mol. The topological polar surface area (TPSA) is 66.5 Å². The molecule has 1 saturated heterocycles. The minimum absolute atomic E-state index is 0.0650. The minimum Gasteiger partial charge on any atom is -0.351 e. The highest BCUT2D eigenvalue weighted by Gasteiger charge is 2.35. The summed E-state index contributed by atoms with van der Waals surface area (Å²) in [5.74, 6) is -0.362. The van der Waals surface area contributed by atoms with E-state index in [-0.39, 0.29) is 23.9 Å². The summed E-state index contributed by atoms with van der Waals surface area (Å²) in [7, 11) is -3.60. The number of amides is 1. The van der Waals surface area contributed by atoms with Gasteiger partial charge in [0.1, 0.15) is 0 Å². The fraction of sp³-hybridized carbons (Fsp3) is 0.632. The number of aryl methyl sites for hydroxylation is 3. The van der Waals surface area contributed by atoms with Crippen molar-refractivity contribution in [2.24, 2.45) is 5.92 Å². The zero-order chi connectivity index (χ0) is 19.0. The van der Waals surface area contributed by atoms with Crippen molar-refractivity contribution in [3.63, 3.8) is 0 Å². The molecule has 1 amide bonds. The summed E-state index contributed by atoms with van der Waals surface area (Å²) in [6.07, 6.45) is 1.42. The Labute approximate surface area is 151 Å². The highest BCUT2D eigenvalue weighted by Crippen LogP contribution is 2.29. The number of carbonyl (C=O) groups is 1. The maximum absolute atomic E-state index is 13.2. The van der Waals surface area contributed by atoms with Crippen molar-refractivity contribution in [1.29, 1.82) is 0 Å². The summed E-state index contributed by atoms with van der Waals surface area (Å²) < 4.78 is 27.9. The van der Waals surface area contributed by atoms with Gasteiger partial charge in [0.25, 0.3) is 0 Å². The summed E-state index contributed by atoms with van der Waals surface area (Å²) in [6, 6.07) is 3.79. The molecule has 5 nitrogen and oxygen atoms in total. The molecule has 1 aliphatic rings. The summed E-state index contributed by atoms with van der Waals surface area (Å²) in [4.78, 5) is 12.9. The molecule has 0 unspecified atom stereocenters. The molecule has 0 radical (unpaired) electrons. The molecule has 1 heterocycles. The minimum atomic E-state index is -3.60. The van der Waals surface area contributed by atoms with Gasteiger partial charge in [-0.25, -0.2) is 8.42 Å². The van der Waals surface area contributed by atoms with E-state index in [0.29, 0.717) is 17.9 Å². The van der Waals surface area contributed by atoms with E-state index in [0.717, 1.165) is 23.1 Å². The molecular weight excluding hydrogens is 336 g/mol. The second-order valence-electron chi connectivity index (χ2n) is 8.17. The smallest absolute Gasteiger partial charge is 0.243 e. The number of rotatable bonds is 3. The fourth-order valence-electron chi connectivity index (χ4n) is 3.55. The van der Waals surface area contributed by atoms with Crippen molar-refractivity contribution in [3.8, 4) is 0 Å². The zero-order valence-corrected chi connectivity index (χ0v) is 17.0. The molecule has 1 fully saturated rings. The van der Waals surface area contributed by atoms with Crippen LogP contribution < -0.4 is 5.32 Å². The Morgan fingerprint density at radius 3 is 2.24 bits per heavy atom. The van der Waals surface area contributed by atoms with E-state index in [9.17, 15) is 13.2 Å². The van der Waals surface area contributed by atoms with E-state index in [2.05, 4.69) is 5.32 Å². The molecule has 1 aromatic rings. The van der Waals surface area contributed by atoms with Crippen LogP contribution in [0.25, 0.3) is 0 Å². The summed E-state index contributed by atoms with van der Waals surface area (Å²) in [6.45, 7) is 12.1. The van der Waals surface area contributed by atoms with Gasteiger partial charge in [-0.1, -0.05) is 17.7 Å². The maximum Gasteiger partial charge on any atom is 0.243 e. The van der Waals surface area contributed by atoms with Gasteiger partial charge in [-0.05, 0) is 65.5 Å². The molecule has 0 bridgehead atoms. The first-order chi connectivity index (χ1) is 11.4. The molecule has 140 valence electrons. The van der Waals surface area contributed by atoms with Crippen LogP contribution in [0.1, 0.15) is 50.3 Å². The molecule has 0 saturated carbocycles. The largest absolute Gasteiger partial charge is 0.351 e. The molecule has 1 N–H and O–H groups in total. The van der Waals surface area contributed by atoms with Gasteiger partial charge in [0, 0.05) is 18.6 Å². The second-order valence-corrected chi connectivity index (χ2v) is 10.0. The lowest BCUT2D eigenvalue weighted by molar-refractivity contribution is -0.127. The van der Waals surface area contributed by atoms with Crippen LogP contribution in [0.15, 0.2) is 17.0 Å². The molecule has 0 aromatic heterocycles. The van der Waals surface area contributed by atoms with Gasteiger partial charge in [0.2, 0.25) is 15.9 Å². The standard InChI is InChI=1S/C19H30N2O3S/c1-13-10-14(2)17(15(3)11-13)25(23,24)21-9-7-8-16(12-21)18(22)20-19(4,5)6/h10-11,16H,7-9,12H2,1-6H3,(H,20,22)/t16-/m0/s1. The highest BCUT2D eigenvalue weighted by atomic mass is 32.2. The monoisotopic (exact) mass is 366 g/mol. The third kappa shape index (κ3) is 4.61. The quantitative estimate of drug-likeness (QED) is 0.894. The van der Waals surface area contributed by atoms with E-state index in [1.165, 1.54) is 4.31 Å². The molecule has 0 aliphatic carbocycles. The molecule has 1 aliphatic heterocycles. The molecule has 25 heavy (non-hydrogen) atoms. The molecule has 1 atom stereocenters. The van der Waals surface area contributed by atoms with Crippen molar-refractivity contribution in [2.45, 2.75) is 64.8 Å². The first-order valence-corrected chi connectivity index (χ1v) is 10.3. The summed E-state index contributed by atoms with van der Waals surface area (Å²) >= 11 is 0. The first kappa shape index (κ1) is 19.9. The van der Waals surface area contributed by atoms with Gasteiger partial charge in [-0.2, -0.15) is 4.31 Å². The van der Waals surface area contributed by atoms with Gasteiger partial charge in [-0.3, -0.25) is 4.79 Å². The van der Waals surface area contributed by atoms with Crippen molar-refractivity contribution in [2.75, 3.05) is 13.1 Å². The Balaban J connectivity index is 2.27. The van der Waals surface area contributed by atoms with E-state index >= 15 is 0 Å². The Morgan fingerprint density at radius 1 is 1.16 bits per heavy atom. The van der Waals surface area contributed by atoms with Gasteiger partial charge in [0.05, 0.1) is 10.8 Å². The van der Waals surface area contributed by atoms with Gasteiger partial charge in [0.15, 0.2) is 0 Å². The predicted molar refractivity (Wildman–Crippen MR) is 100 cm³/mol. The number of piperidine rings is 1. The Kier molecular flexibility index (Phi) is 5.64. The number of benzene rings is 1. The van der Waals surface area contributed by atoms with E-state index < -0.39 is 10.0 Å². The number of nitrogens with one attached hydrogen (secondary N) is 1. The number of sulfonamides is 1. The molecule has 1 aromatic carbocycles. The lowest BCUT2D eigenvalue weighted by Gasteiger charge is -2.33. The van der Waals surface area contributed by atoms with Crippen LogP contribution in [0.4, 0.5) is 0 Å². The van der Waals surface area contributed by atoms with E-state index in [1.807, 2.05) is 53.7 Å². The maximum atomic E-state index is 13.2. The Morgan fingerprint density at radius 2 is 1.72 bits per heavy atom. The Hall–Kier alpha value is -1.40. The third-order valence-electron chi connectivity index (χ3n) is 4.46. The fourth-order valence-corrected chi connectivity index (χ4v) is 5.48. The van der Waals surface area contributed by atoms with Crippen molar-refractivity contribution < 1.29 is 13.2 Å². The van der Waals surface area contributed by atoms with E-state index in [1.54, 1.807) is 0 Å². The number of carbonyl (C=O) groups excluding carboxylic acids is 1. The lowest BCUT2D eigenvalue weighted by Crippen LogP contribution is -2.49. The van der Waals surface area contributed by atoms with Gasteiger partial charge < -0.3 is 5.32 Å². The molecule has 6 heteroatoms. The second kappa shape index (κ2) is 7.08. The highest BCUT2D eigenvalue weighted by molar-refractivity contribution is 7.89. The van der Waals surface area contributed by atoms with Crippen molar-refractivity contribution >= 4 is 15.9 Å². The van der Waals surface area contributed by atoms with Crippen LogP contribution in [0.2, 0.25) is 0 Å². The van der Waals surface area contributed by atoms with Crippen LogP contribution in [-0.2, 0) is 14.8 Å². The summed E-state index contributed by atoms with van der Waals surface area (Å²) in [5.41, 5.74) is 2.26. The average Bonchev–Trinajstić information content (AvgIpc) is 2.44. The van der Waals surface area contributed by atoms with Gasteiger partial charge >= 0.3 is 0 Å². The zero-order valence-electron chi connectivity index (χ0n) is 16.1.